The van der Waals surface area contributed by atoms with Gasteiger partial charge in [-0.15, -0.1) is 0 Å². The molecule has 0 spiro atoms. The number of aliphatic imine (C=N–C) groups is 1. The number of hydrogen-bond donors (Lipinski definition) is 2. The maximum atomic E-state index is 13.8. The van der Waals surface area contributed by atoms with Crippen molar-refractivity contribution in [1.29, 1.82) is 5.26 Å². The van der Waals surface area contributed by atoms with E-state index < -0.39 is 11.6 Å². The summed E-state index contributed by atoms with van der Waals surface area (Å²) in [6, 6.07) is 1.96. The van der Waals surface area contributed by atoms with E-state index in [2.05, 4.69) is 38.5 Å². The Bertz CT molecular complexity index is 903. The second kappa shape index (κ2) is 11.9. The fraction of sp³-hybridized carbons (Fsp3) is 0.760. The zero-order valence-electron chi connectivity index (χ0n) is 21.2. The summed E-state index contributed by atoms with van der Waals surface area (Å²) in [4.78, 5) is 27.3. The monoisotopic (exact) mass is 484 g/mol. The molecule has 0 aromatic carbocycles. The number of guanidine groups is 1. The summed E-state index contributed by atoms with van der Waals surface area (Å²) < 4.78 is 7.42. The first kappa shape index (κ1) is 25.5. The van der Waals surface area contributed by atoms with Gasteiger partial charge in [-0.25, -0.2) is 4.98 Å². The Morgan fingerprint density at radius 1 is 1.23 bits per heavy atom. The van der Waals surface area contributed by atoms with Crippen LogP contribution in [0.4, 0.5) is 5.95 Å². The molecular weight excluding hydrogens is 444 g/mol. The summed E-state index contributed by atoms with van der Waals surface area (Å²) in [5.74, 6) is 1.61. The standard InChI is InChI=1S/C25H40N8O2/c1-31-11-8-25(19-26,9-12-31)30-22(34)21(18-20-6-4-3-5-7-20)28-24(33-14-16-35-17-15-33)29-23-27-10-13-32(23)2/h10,13,20-21H,3-9,11-12,14-18H2,1-2H3,(H,30,34)(H,27,28,29). The molecule has 1 atom stereocenters. The topological polar surface area (TPSA) is 111 Å². The van der Waals surface area contributed by atoms with E-state index >= 15 is 0 Å². The van der Waals surface area contributed by atoms with E-state index in [0.717, 1.165) is 32.4 Å². The summed E-state index contributed by atoms with van der Waals surface area (Å²) in [5, 5.41) is 16.7. The zero-order valence-corrected chi connectivity index (χ0v) is 21.2. The largest absolute Gasteiger partial charge is 0.378 e. The van der Waals surface area contributed by atoms with Crippen LogP contribution in [-0.4, -0.2) is 89.2 Å². The number of nitriles is 1. The van der Waals surface area contributed by atoms with Gasteiger partial charge < -0.3 is 29.7 Å². The van der Waals surface area contributed by atoms with Gasteiger partial charge in [0.25, 0.3) is 0 Å². The van der Waals surface area contributed by atoms with E-state index in [1.807, 2.05) is 17.8 Å². The molecule has 1 aliphatic carbocycles. The molecule has 10 heteroatoms. The van der Waals surface area contributed by atoms with Gasteiger partial charge in [-0.3, -0.25) is 4.79 Å². The molecule has 10 nitrogen and oxygen atoms in total. The van der Waals surface area contributed by atoms with E-state index in [9.17, 15) is 10.1 Å². The third-order valence-corrected chi connectivity index (χ3v) is 7.64. The lowest BCUT2D eigenvalue weighted by Gasteiger charge is -2.38. The van der Waals surface area contributed by atoms with Crippen molar-refractivity contribution in [2.45, 2.75) is 62.9 Å². The number of likely N-dealkylation sites (tertiary alicyclic amines) is 1. The Balaban J connectivity index is 1.57. The van der Waals surface area contributed by atoms with Crippen molar-refractivity contribution in [3.05, 3.63) is 12.4 Å². The molecule has 3 aliphatic rings. The number of hydrogen-bond acceptors (Lipinski definition) is 6. The summed E-state index contributed by atoms with van der Waals surface area (Å²) in [7, 11) is 3.96. The number of carbonyl (C=O) groups excluding carboxylic acids is 1. The lowest BCUT2D eigenvalue weighted by Crippen LogP contribution is -2.60. The summed E-state index contributed by atoms with van der Waals surface area (Å²) in [5.41, 5.74) is -0.813. The summed E-state index contributed by atoms with van der Waals surface area (Å²) in [6.07, 6.45) is 11.6. The molecule has 3 heterocycles. The van der Waals surface area contributed by atoms with Crippen molar-refractivity contribution in [3.63, 3.8) is 0 Å². The van der Waals surface area contributed by atoms with Crippen LogP contribution in [0.3, 0.4) is 0 Å². The van der Waals surface area contributed by atoms with Crippen LogP contribution in [0.1, 0.15) is 51.4 Å². The molecule has 0 bridgehead atoms. The lowest BCUT2D eigenvalue weighted by molar-refractivity contribution is -0.125. The minimum atomic E-state index is -0.813. The van der Waals surface area contributed by atoms with Crippen LogP contribution in [0, 0.1) is 17.2 Å². The van der Waals surface area contributed by atoms with Gasteiger partial charge in [0.2, 0.25) is 17.8 Å². The van der Waals surface area contributed by atoms with Crippen LogP contribution in [0.2, 0.25) is 0 Å². The number of piperidine rings is 1. The molecule has 2 saturated heterocycles. The SMILES string of the molecule is CN1CCC(C#N)(NC(=O)C(CC2CCCCC2)N/C(=N\c2nccn2C)N2CCOCC2)CC1. The van der Waals surface area contributed by atoms with Gasteiger partial charge in [-0.05, 0) is 32.2 Å². The maximum absolute atomic E-state index is 13.8. The van der Waals surface area contributed by atoms with Crippen molar-refractivity contribution in [3.8, 4) is 6.07 Å². The molecule has 1 aromatic rings. The number of imidazole rings is 1. The second-order valence-corrected chi connectivity index (χ2v) is 10.3. The molecule has 1 aromatic heterocycles. The lowest BCUT2D eigenvalue weighted by atomic mass is 9.84. The Kier molecular flexibility index (Phi) is 8.63. The summed E-state index contributed by atoms with van der Waals surface area (Å²) in [6.45, 7) is 4.23. The normalized spacial score (nSPS) is 22.9. The number of carbonyl (C=O) groups is 1. The highest BCUT2D eigenvalue weighted by Crippen LogP contribution is 2.28. The van der Waals surface area contributed by atoms with Gasteiger partial charge >= 0.3 is 0 Å². The molecule has 4 rings (SSSR count). The molecule has 1 unspecified atom stereocenters. The maximum Gasteiger partial charge on any atom is 0.243 e. The average molecular weight is 485 g/mol. The second-order valence-electron chi connectivity index (χ2n) is 10.3. The first-order chi connectivity index (χ1) is 17.0. The fourth-order valence-electron chi connectivity index (χ4n) is 5.26. The van der Waals surface area contributed by atoms with E-state index in [-0.39, 0.29) is 5.91 Å². The van der Waals surface area contributed by atoms with E-state index in [4.69, 9.17) is 9.73 Å². The molecule has 2 N–H and O–H groups in total. The van der Waals surface area contributed by atoms with Gasteiger partial charge in [0.15, 0.2) is 0 Å². The van der Waals surface area contributed by atoms with Crippen molar-refractivity contribution in [1.82, 2.24) is 30.0 Å². The summed E-state index contributed by atoms with van der Waals surface area (Å²) >= 11 is 0. The first-order valence-corrected chi connectivity index (χ1v) is 13.0. The Hall–Kier alpha value is -2.64. The van der Waals surface area contributed by atoms with Crippen molar-refractivity contribution in [2.24, 2.45) is 18.0 Å². The smallest absolute Gasteiger partial charge is 0.243 e. The molecular formula is C25H40N8O2. The van der Waals surface area contributed by atoms with Crippen molar-refractivity contribution in [2.75, 3.05) is 46.4 Å². The van der Waals surface area contributed by atoms with Gasteiger partial charge in [-0.1, -0.05) is 32.1 Å². The fourth-order valence-corrected chi connectivity index (χ4v) is 5.26. The number of morpholine rings is 1. The van der Waals surface area contributed by atoms with Crippen LogP contribution in [0.15, 0.2) is 17.4 Å². The number of ether oxygens (including phenoxy) is 1. The Morgan fingerprint density at radius 3 is 2.57 bits per heavy atom. The number of aryl methyl sites for hydroxylation is 1. The quantitative estimate of drug-likeness (QED) is 0.468. The molecule has 1 amide bonds. The number of aromatic nitrogens is 2. The average Bonchev–Trinajstić information content (AvgIpc) is 3.30. The number of nitrogens with one attached hydrogen (secondary N) is 2. The minimum absolute atomic E-state index is 0.109. The highest BCUT2D eigenvalue weighted by atomic mass is 16.5. The third kappa shape index (κ3) is 6.73. The molecule has 1 saturated carbocycles. The van der Waals surface area contributed by atoms with E-state index in [1.165, 1.54) is 19.3 Å². The van der Waals surface area contributed by atoms with Gasteiger partial charge in [0.1, 0.15) is 11.6 Å². The Morgan fingerprint density at radius 2 is 1.94 bits per heavy atom. The van der Waals surface area contributed by atoms with Crippen molar-refractivity contribution >= 4 is 17.8 Å². The van der Waals surface area contributed by atoms with Crippen LogP contribution in [0.5, 0.6) is 0 Å². The third-order valence-electron chi connectivity index (χ3n) is 7.64. The Labute approximate surface area is 208 Å². The molecule has 35 heavy (non-hydrogen) atoms. The van der Waals surface area contributed by atoms with Crippen LogP contribution in [0.25, 0.3) is 0 Å². The van der Waals surface area contributed by atoms with Gasteiger partial charge in [0, 0.05) is 45.6 Å². The predicted octanol–water partition coefficient (Wildman–Crippen LogP) is 1.77. The number of rotatable bonds is 6. The molecule has 3 fully saturated rings. The highest BCUT2D eigenvalue weighted by molar-refractivity contribution is 5.90. The minimum Gasteiger partial charge on any atom is -0.378 e. The van der Waals surface area contributed by atoms with E-state index in [1.54, 1.807) is 6.20 Å². The number of nitrogens with zero attached hydrogens (tertiary/aromatic N) is 6. The molecule has 192 valence electrons. The van der Waals surface area contributed by atoms with Gasteiger partial charge in [-0.2, -0.15) is 10.3 Å². The van der Waals surface area contributed by atoms with Gasteiger partial charge in [0.05, 0.1) is 19.3 Å². The highest BCUT2D eigenvalue weighted by Gasteiger charge is 2.38. The molecule has 0 radical (unpaired) electrons. The first-order valence-electron chi connectivity index (χ1n) is 13.0. The zero-order chi connectivity index (χ0) is 24.7. The van der Waals surface area contributed by atoms with Crippen LogP contribution < -0.4 is 10.6 Å². The number of amides is 1. The molecule has 2 aliphatic heterocycles. The predicted molar refractivity (Wildman–Crippen MR) is 134 cm³/mol. The van der Waals surface area contributed by atoms with Crippen LogP contribution in [-0.2, 0) is 16.6 Å². The van der Waals surface area contributed by atoms with Crippen LogP contribution >= 0.6 is 0 Å². The van der Waals surface area contributed by atoms with Crippen molar-refractivity contribution < 1.29 is 9.53 Å². The van der Waals surface area contributed by atoms with E-state index in [0.29, 0.717) is 57.0 Å².